The van der Waals surface area contributed by atoms with Crippen LogP contribution in [0.15, 0.2) is 29.2 Å². The van der Waals surface area contributed by atoms with Crippen molar-refractivity contribution >= 4 is 11.8 Å². The molecule has 0 bridgehead atoms. The van der Waals surface area contributed by atoms with Crippen LogP contribution in [0.5, 0.6) is 5.75 Å². The van der Waals surface area contributed by atoms with Gasteiger partial charge in [-0.05, 0) is 61.2 Å². The van der Waals surface area contributed by atoms with Crippen molar-refractivity contribution in [3.63, 3.8) is 0 Å². The lowest BCUT2D eigenvalue weighted by atomic mass is 10.1. The zero-order chi connectivity index (χ0) is 10.7. The molecule has 1 aliphatic rings. The van der Waals surface area contributed by atoms with Crippen LogP contribution in [0.2, 0.25) is 0 Å². The molecule has 1 fully saturated rings. The fourth-order valence-electron chi connectivity index (χ4n) is 1.66. The van der Waals surface area contributed by atoms with Crippen molar-refractivity contribution in [2.75, 3.05) is 12.3 Å². The topological polar surface area (TPSA) is 46.2 Å². The Kier molecular flexibility index (Phi) is 3.22. The number of hydrogen-bond donors (Lipinski definition) is 2. The maximum atomic E-state index is 9.13. The summed E-state index contributed by atoms with van der Waals surface area (Å²) in [5, 5.41) is 9.13. The third-order valence-electron chi connectivity index (χ3n) is 3.13. The number of phenols is 1. The van der Waals surface area contributed by atoms with Crippen molar-refractivity contribution in [2.24, 2.45) is 11.1 Å². The van der Waals surface area contributed by atoms with Gasteiger partial charge in [0.2, 0.25) is 0 Å². The van der Waals surface area contributed by atoms with Gasteiger partial charge in [0.05, 0.1) is 0 Å². The van der Waals surface area contributed by atoms with Crippen LogP contribution in [0.25, 0.3) is 0 Å². The SMILES string of the molecule is NCC1(CCSc2ccc(O)cc2)CC1. The molecule has 82 valence electrons. The number of thioether (sulfide) groups is 1. The minimum absolute atomic E-state index is 0.333. The summed E-state index contributed by atoms with van der Waals surface area (Å²) in [7, 11) is 0. The van der Waals surface area contributed by atoms with Crippen molar-refractivity contribution in [1.29, 1.82) is 0 Å². The van der Waals surface area contributed by atoms with E-state index >= 15 is 0 Å². The highest BCUT2D eigenvalue weighted by atomic mass is 32.2. The molecule has 15 heavy (non-hydrogen) atoms. The van der Waals surface area contributed by atoms with Gasteiger partial charge in [-0.25, -0.2) is 0 Å². The number of rotatable bonds is 5. The van der Waals surface area contributed by atoms with E-state index in [9.17, 15) is 0 Å². The maximum absolute atomic E-state index is 9.13. The summed E-state index contributed by atoms with van der Waals surface area (Å²) >= 11 is 1.84. The summed E-state index contributed by atoms with van der Waals surface area (Å²) in [6.45, 7) is 0.836. The molecule has 1 aromatic rings. The highest BCUT2D eigenvalue weighted by Crippen LogP contribution is 2.48. The van der Waals surface area contributed by atoms with Crippen LogP contribution < -0.4 is 5.73 Å². The van der Waals surface area contributed by atoms with E-state index in [1.54, 1.807) is 12.1 Å². The van der Waals surface area contributed by atoms with Crippen LogP contribution in [0, 0.1) is 5.41 Å². The summed E-state index contributed by atoms with van der Waals surface area (Å²) in [5.41, 5.74) is 6.20. The molecule has 0 unspecified atom stereocenters. The van der Waals surface area contributed by atoms with Gasteiger partial charge in [-0.3, -0.25) is 0 Å². The molecule has 0 radical (unpaired) electrons. The van der Waals surface area contributed by atoms with Crippen molar-refractivity contribution < 1.29 is 5.11 Å². The van der Waals surface area contributed by atoms with Crippen molar-refractivity contribution in [3.8, 4) is 5.75 Å². The predicted molar refractivity (Wildman–Crippen MR) is 64.2 cm³/mol. The summed E-state index contributed by atoms with van der Waals surface area (Å²) in [6.07, 6.45) is 3.83. The Labute approximate surface area is 94.9 Å². The summed E-state index contributed by atoms with van der Waals surface area (Å²) in [4.78, 5) is 1.22. The Morgan fingerprint density at radius 3 is 2.47 bits per heavy atom. The largest absolute Gasteiger partial charge is 0.508 e. The lowest BCUT2D eigenvalue weighted by Crippen LogP contribution is -2.15. The second kappa shape index (κ2) is 4.45. The van der Waals surface area contributed by atoms with Crippen molar-refractivity contribution in [2.45, 2.75) is 24.2 Å². The average Bonchev–Trinajstić information content (AvgIpc) is 3.02. The van der Waals surface area contributed by atoms with Crippen LogP contribution in [0.1, 0.15) is 19.3 Å². The summed E-state index contributed by atoms with van der Waals surface area (Å²) in [6, 6.07) is 7.39. The molecule has 2 nitrogen and oxygen atoms in total. The molecule has 0 aromatic heterocycles. The maximum Gasteiger partial charge on any atom is 0.115 e. The Bertz CT molecular complexity index is 319. The highest BCUT2D eigenvalue weighted by Gasteiger charge is 2.40. The number of aromatic hydroxyl groups is 1. The van der Waals surface area contributed by atoms with Gasteiger partial charge < -0.3 is 10.8 Å². The van der Waals surface area contributed by atoms with E-state index in [1.165, 1.54) is 24.2 Å². The standard InChI is InChI=1S/C12H17NOS/c13-9-12(5-6-12)7-8-15-11-3-1-10(14)2-4-11/h1-4,14H,5-9,13H2. The van der Waals surface area contributed by atoms with E-state index in [0.29, 0.717) is 11.2 Å². The first-order valence-corrected chi connectivity index (χ1v) is 6.35. The monoisotopic (exact) mass is 223 g/mol. The van der Waals surface area contributed by atoms with E-state index in [0.717, 1.165) is 12.3 Å². The first-order chi connectivity index (χ1) is 7.24. The Morgan fingerprint density at radius 1 is 1.27 bits per heavy atom. The molecule has 3 heteroatoms. The average molecular weight is 223 g/mol. The minimum atomic E-state index is 0.333. The van der Waals surface area contributed by atoms with Gasteiger partial charge in [-0.1, -0.05) is 0 Å². The summed E-state index contributed by atoms with van der Waals surface area (Å²) < 4.78 is 0. The molecular formula is C12H17NOS. The zero-order valence-corrected chi connectivity index (χ0v) is 9.59. The van der Waals surface area contributed by atoms with Crippen LogP contribution in [-0.2, 0) is 0 Å². The van der Waals surface area contributed by atoms with Crippen LogP contribution in [0.3, 0.4) is 0 Å². The van der Waals surface area contributed by atoms with Crippen molar-refractivity contribution in [3.05, 3.63) is 24.3 Å². The summed E-state index contributed by atoms with van der Waals surface area (Å²) in [5.74, 6) is 1.46. The minimum Gasteiger partial charge on any atom is -0.508 e. The van der Waals surface area contributed by atoms with Crippen LogP contribution >= 0.6 is 11.8 Å². The third kappa shape index (κ3) is 2.89. The van der Waals surface area contributed by atoms with E-state index in [2.05, 4.69) is 0 Å². The second-order valence-corrected chi connectivity index (χ2v) is 5.46. The zero-order valence-electron chi connectivity index (χ0n) is 8.78. The van der Waals surface area contributed by atoms with Crippen LogP contribution in [0.4, 0.5) is 0 Å². The quantitative estimate of drug-likeness (QED) is 0.754. The molecule has 1 aliphatic carbocycles. The van der Waals surface area contributed by atoms with E-state index in [-0.39, 0.29) is 0 Å². The predicted octanol–water partition coefficient (Wildman–Crippen LogP) is 2.61. The lowest BCUT2D eigenvalue weighted by Gasteiger charge is -2.10. The van der Waals surface area contributed by atoms with E-state index < -0.39 is 0 Å². The van der Waals surface area contributed by atoms with E-state index in [4.69, 9.17) is 10.8 Å². The van der Waals surface area contributed by atoms with Gasteiger partial charge in [0.15, 0.2) is 0 Å². The smallest absolute Gasteiger partial charge is 0.115 e. The van der Waals surface area contributed by atoms with Gasteiger partial charge in [0, 0.05) is 4.90 Å². The van der Waals surface area contributed by atoms with Gasteiger partial charge in [-0.2, -0.15) is 0 Å². The third-order valence-corrected chi connectivity index (χ3v) is 4.14. The van der Waals surface area contributed by atoms with Gasteiger partial charge in [-0.15, -0.1) is 11.8 Å². The molecule has 0 atom stereocenters. The number of phenolic OH excluding ortho intramolecular Hbond substituents is 1. The van der Waals surface area contributed by atoms with Crippen LogP contribution in [-0.4, -0.2) is 17.4 Å². The molecule has 0 heterocycles. The Hall–Kier alpha value is -0.670. The fourth-order valence-corrected chi connectivity index (χ4v) is 2.76. The first-order valence-electron chi connectivity index (χ1n) is 5.36. The molecule has 1 aromatic carbocycles. The van der Waals surface area contributed by atoms with Gasteiger partial charge in [0.1, 0.15) is 5.75 Å². The molecule has 0 saturated heterocycles. The fraction of sp³-hybridized carbons (Fsp3) is 0.500. The molecular weight excluding hydrogens is 206 g/mol. The molecule has 0 aliphatic heterocycles. The molecule has 1 saturated carbocycles. The van der Waals surface area contributed by atoms with Gasteiger partial charge in [0.25, 0.3) is 0 Å². The highest BCUT2D eigenvalue weighted by molar-refractivity contribution is 7.99. The number of benzene rings is 1. The molecule has 2 rings (SSSR count). The van der Waals surface area contributed by atoms with E-state index in [1.807, 2.05) is 23.9 Å². The van der Waals surface area contributed by atoms with Crippen molar-refractivity contribution in [1.82, 2.24) is 0 Å². The molecule has 0 amide bonds. The number of nitrogens with two attached hydrogens (primary N) is 1. The molecule has 0 spiro atoms. The number of hydrogen-bond acceptors (Lipinski definition) is 3. The Morgan fingerprint density at radius 2 is 1.93 bits per heavy atom. The lowest BCUT2D eigenvalue weighted by molar-refractivity contribution is 0.475. The Balaban J connectivity index is 1.76. The first kappa shape index (κ1) is 10.8. The molecule has 3 N–H and O–H groups in total. The van der Waals surface area contributed by atoms with Gasteiger partial charge >= 0.3 is 0 Å². The second-order valence-electron chi connectivity index (χ2n) is 4.30. The normalized spacial score (nSPS) is 17.7.